The second-order valence-corrected chi connectivity index (χ2v) is 9.71. The Morgan fingerprint density at radius 2 is 1.74 bits per heavy atom. The molecule has 0 heterocycles. The maximum absolute atomic E-state index is 12.4. The first-order valence-corrected chi connectivity index (χ1v) is 9.91. The van der Waals surface area contributed by atoms with Crippen molar-refractivity contribution in [2.75, 3.05) is 25.2 Å². The number of alkyl halides is 3. The molecule has 0 aliphatic heterocycles. The number of hydrogen-bond acceptors (Lipinski definition) is 4. The fourth-order valence-electron chi connectivity index (χ4n) is 0.792. The van der Waals surface area contributed by atoms with Crippen LogP contribution in [0.4, 0.5) is 0 Å². The molecule has 0 radical (unpaired) electrons. The van der Waals surface area contributed by atoms with Gasteiger partial charge in [-0.25, -0.2) is 4.57 Å². The molecule has 0 saturated carbocycles. The van der Waals surface area contributed by atoms with Gasteiger partial charge in [0.1, 0.15) is 0 Å². The number of hydrogen-bond donors (Lipinski definition) is 0. The predicted octanol–water partition coefficient (Wildman–Crippen LogP) is 4.98. The van der Waals surface area contributed by atoms with E-state index >= 15 is 0 Å². The molecule has 3 unspecified atom stereocenters. The maximum atomic E-state index is 12.4. The molecule has 0 N–H and O–H groups in total. The molecule has 0 aromatic heterocycles. The molecule has 0 aliphatic rings. The lowest BCUT2D eigenvalue weighted by atomic mass is 9.99. The Bertz CT molecular complexity index is 284. The van der Waals surface area contributed by atoms with Crippen molar-refractivity contribution in [3.63, 3.8) is 0 Å². The van der Waals surface area contributed by atoms with Crippen molar-refractivity contribution in [3.8, 4) is 0 Å². The van der Waals surface area contributed by atoms with Gasteiger partial charge in [-0.1, -0.05) is 52.6 Å². The predicted molar refractivity (Wildman–Crippen MR) is 86.7 cm³/mol. The molecule has 0 aromatic rings. The number of phosphoric acid groups is 1. The first-order valence-electron chi connectivity index (χ1n) is 5.98. The van der Waals surface area contributed by atoms with Gasteiger partial charge in [-0.3, -0.25) is 13.6 Å². The molecule has 0 bridgehead atoms. The molecule has 0 fully saturated rings. The molecule has 0 amide bonds. The van der Waals surface area contributed by atoms with Gasteiger partial charge in [-0.05, 0) is 12.3 Å². The van der Waals surface area contributed by atoms with E-state index in [0.29, 0.717) is 0 Å². The van der Waals surface area contributed by atoms with E-state index in [2.05, 4.69) is 31.9 Å². The third kappa shape index (κ3) is 10.7. The molecule has 0 rings (SSSR count). The van der Waals surface area contributed by atoms with Gasteiger partial charge >= 0.3 is 7.82 Å². The SMILES string of the molecule is CC(Cl)COP(=O)(OCC(C)Br)OCC(C)(C)CBr. The van der Waals surface area contributed by atoms with E-state index in [9.17, 15) is 4.57 Å². The minimum Gasteiger partial charge on any atom is -0.286 e. The fourth-order valence-corrected chi connectivity index (χ4v) is 2.98. The molecule has 8 heteroatoms. The first kappa shape index (κ1) is 20.4. The zero-order chi connectivity index (χ0) is 15.1. The molecule has 19 heavy (non-hydrogen) atoms. The van der Waals surface area contributed by atoms with Crippen molar-refractivity contribution < 1.29 is 18.1 Å². The van der Waals surface area contributed by atoms with E-state index in [-0.39, 0.29) is 35.4 Å². The van der Waals surface area contributed by atoms with Crippen LogP contribution in [0.25, 0.3) is 0 Å². The van der Waals surface area contributed by atoms with Crippen molar-refractivity contribution >= 4 is 51.3 Å². The Labute approximate surface area is 137 Å². The number of phosphoric ester groups is 1. The van der Waals surface area contributed by atoms with Crippen molar-refractivity contribution in [1.29, 1.82) is 0 Å². The van der Waals surface area contributed by atoms with Gasteiger partial charge in [0, 0.05) is 10.2 Å². The van der Waals surface area contributed by atoms with Gasteiger partial charge in [-0.2, -0.15) is 0 Å². The molecule has 0 saturated heterocycles. The summed E-state index contributed by atoms with van der Waals surface area (Å²) < 4.78 is 28.3. The van der Waals surface area contributed by atoms with Crippen LogP contribution in [0.2, 0.25) is 0 Å². The van der Waals surface area contributed by atoms with Crippen molar-refractivity contribution in [1.82, 2.24) is 0 Å². The molecule has 0 spiro atoms. The van der Waals surface area contributed by atoms with Crippen LogP contribution in [0, 0.1) is 5.41 Å². The monoisotopic (exact) mass is 442 g/mol. The minimum atomic E-state index is -3.57. The largest absolute Gasteiger partial charge is 0.474 e. The second-order valence-electron chi connectivity index (χ2n) is 5.17. The standard InChI is InChI=1S/C11H22Br2ClO4P/c1-9(13)5-16-19(15,17-6-10(2)14)18-8-11(3,4)7-12/h9-10H,5-8H2,1-4H3. The lowest BCUT2D eigenvalue weighted by Crippen LogP contribution is -2.21. The van der Waals surface area contributed by atoms with E-state index in [1.807, 2.05) is 20.8 Å². The molecule has 0 aliphatic carbocycles. The molecular formula is C11H22Br2ClO4P. The summed E-state index contributed by atoms with van der Waals surface area (Å²) in [5.41, 5.74) is -0.158. The third-order valence-corrected chi connectivity index (χ3v) is 5.18. The van der Waals surface area contributed by atoms with Crippen LogP contribution in [0.3, 0.4) is 0 Å². The Balaban J connectivity index is 4.52. The summed E-state index contributed by atoms with van der Waals surface area (Å²) in [5.74, 6) is 0. The van der Waals surface area contributed by atoms with Gasteiger partial charge in [0.25, 0.3) is 0 Å². The average molecular weight is 445 g/mol. The van der Waals surface area contributed by atoms with Gasteiger partial charge in [0.05, 0.1) is 25.2 Å². The molecule has 0 aromatic carbocycles. The van der Waals surface area contributed by atoms with Crippen LogP contribution in [0.15, 0.2) is 0 Å². The molecule has 4 nitrogen and oxygen atoms in total. The van der Waals surface area contributed by atoms with Gasteiger partial charge in [-0.15, -0.1) is 11.6 Å². The Morgan fingerprint density at radius 3 is 2.16 bits per heavy atom. The van der Waals surface area contributed by atoms with E-state index < -0.39 is 7.82 Å². The minimum absolute atomic E-state index is 0.0608. The van der Waals surface area contributed by atoms with Crippen LogP contribution in [-0.2, 0) is 18.1 Å². The Kier molecular flexibility index (Phi) is 10.1. The fraction of sp³-hybridized carbons (Fsp3) is 1.00. The van der Waals surface area contributed by atoms with E-state index in [1.54, 1.807) is 6.92 Å². The van der Waals surface area contributed by atoms with E-state index in [1.165, 1.54) is 0 Å². The Hall–Kier alpha value is 1.36. The summed E-state index contributed by atoms with van der Waals surface area (Å²) >= 11 is 12.5. The quantitative estimate of drug-likeness (QED) is 0.352. The summed E-state index contributed by atoms with van der Waals surface area (Å²) in [4.78, 5) is 0.0608. The highest BCUT2D eigenvalue weighted by atomic mass is 79.9. The topological polar surface area (TPSA) is 44.8 Å². The van der Waals surface area contributed by atoms with Crippen LogP contribution in [0.5, 0.6) is 0 Å². The molecule has 3 atom stereocenters. The zero-order valence-electron chi connectivity index (χ0n) is 11.7. The third-order valence-electron chi connectivity index (χ3n) is 1.90. The normalized spacial score (nSPS) is 18.9. The van der Waals surface area contributed by atoms with Crippen molar-refractivity contribution in [2.45, 2.75) is 37.9 Å². The van der Waals surface area contributed by atoms with Crippen LogP contribution in [0.1, 0.15) is 27.7 Å². The van der Waals surface area contributed by atoms with Crippen LogP contribution in [-0.4, -0.2) is 35.4 Å². The van der Waals surface area contributed by atoms with Crippen LogP contribution >= 0.6 is 51.3 Å². The smallest absolute Gasteiger partial charge is 0.286 e. The van der Waals surface area contributed by atoms with Crippen molar-refractivity contribution in [2.24, 2.45) is 5.41 Å². The lowest BCUT2D eigenvalue weighted by molar-refractivity contribution is 0.0885. The summed E-state index contributed by atoms with van der Waals surface area (Å²) in [5, 5.41) is 0.465. The maximum Gasteiger partial charge on any atom is 0.474 e. The Morgan fingerprint density at radius 1 is 1.21 bits per heavy atom. The molecular weight excluding hydrogens is 422 g/mol. The van der Waals surface area contributed by atoms with E-state index in [4.69, 9.17) is 25.2 Å². The van der Waals surface area contributed by atoms with Gasteiger partial charge < -0.3 is 0 Å². The van der Waals surface area contributed by atoms with Crippen LogP contribution < -0.4 is 0 Å². The van der Waals surface area contributed by atoms with E-state index in [0.717, 1.165) is 5.33 Å². The highest BCUT2D eigenvalue weighted by Gasteiger charge is 2.31. The summed E-state index contributed by atoms with van der Waals surface area (Å²) in [7, 11) is -3.57. The molecule has 116 valence electrons. The van der Waals surface area contributed by atoms with Crippen molar-refractivity contribution in [3.05, 3.63) is 0 Å². The average Bonchev–Trinajstić information content (AvgIpc) is 2.32. The highest BCUT2D eigenvalue weighted by molar-refractivity contribution is 9.09. The summed E-state index contributed by atoms with van der Waals surface area (Å²) in [6.07, 6.45) is 0. The summed E-state index contributed by atoms with van der Waals surface area (Å²) in [6, 6.07) is 0. The second kappa shape index (κ2) is 9.39. The van der Waals surface area contributed by atoms with Gasteiger partial charge in [0.15, 0.2) is 0 Å². The van der Waals surface area contributed by atoms with Gasteiger partial charge in [0.2, 0.25) is 0 Å². The lowest BCUT2D eigenvalue weighted by Gasteiger charge is -2.25. The number of halogens is 3. The highest BCUT2D eigenvalue weighted by Crippen LogP contribution is 2.51. The first-order chi connectivity index (χ1) is 8.60. The number of rotatable bonds is 10. The summed E-state index contributed by atoms with van der Waals surface area (Å²) in [6.45, 7) is 8.24. The zero-order valence-corrected chi connectivity index (χ0v) is 16.5.